The second kappa shape index (κ2) is 16.8. The van der Waals surface area contributed by atoms with E-state index in [1.54, 1.807) is 67.8 Å². The van der Waals surface area contributed by atoms with Gasteiger partial charge < -0.3 is 25.1 Å². The number of methoxy groups -OCH3 is 1. The maximum atomic E-state index is 13.7. The molecule has 5 aromatic carbocycles. The van der Waals surface area contributed by atoms with Crippen molar-refractivity contribution in [1.82, 2.24) is 5.32 Å². The summed E-state index contributed by atoms with van der Waals surface area (Å²) < 4.78 is 11.5. The van der Waals surface area contributed by atoms with Crippen molar-refractivity contribution in [3.8, 4) is 17.1 Å². The van der Waals surface area contributed by atoms with Crippen molar-refractivity contribution in [2.45, 2.75) is 17.1 Å². The van der Waals surface area contributed by atoms with Gasteiger partial charge in [0.1, 0.15) is 28.2 Å². The molecule has 0 unspecified atom stereocenters. The molecule has 3 N–H and O–H groups in total. The number of hydrogen-bond acceptors (Lipinski definition) is 6. The van der Waals surface area contributed by atoms with Crippen molar-refractivity contribution in [3.63, 3.8) is 0 Å². The number of benzene rings is 5. The third-order valence-electron chi connectivity index (χ3n) is 7.96. The minimum absolute atomic E-state index is 0.0229. The number of rotatable bonds is 12. The lowest BCUT2D eigenvalue weighted by molar-refractivity contribution is -0.116. The molecule has 6 aromatic rings. The third-order valence-corrected chi connectivity index (χ3v) is 9.63. The Morgan fingerprint density at radius 3 is 2.15 bits per heavy atom. The van der Waals surface area contributed by atoms with Crippen LogP contribution in [0.5, 0.6) is 5.75 Å². The maximum absolute atomic E-state index is 13.7. The summed E-state index contributed by atoms with van der Waals surface area (Å²) in [4.78, 5) is 41.2. The van der Waals surface area contributed by atoms with Gasteiger partial charge in [-0.2, -0.15) is 0 Å². The van der Waals surface area contributed by atoms with Gasteiger partial charge in [0, 0.05) is 32.9 Å². The zero-order chi connectivity index (χ0) is 36.5. The Morgan fingerprint density at radius 1 is 0.769 bits per heavy atom. The number of furan rings is 1. The Labute approximate surface area is 310 Å². The SMILES string of the molecule is COc1ccccc1-c1ccc(/C=C(\NC(=O)c2ccccc2)C(=O)Nc2ccc(S[C@@H](C(=O)Nc3ccc(C)c(Cl)c3)c3ccccc3)cc2)o1. The van der Waals surface area contributed by atoms with E-state index >= 15 is 0 Å². The minimum atomic E-state index is -0.571. The number of nitrogens with one attached hydrogen (secondary N) is 3. The van der Waals surface area contributed by atoms with Crippen LogP contribution < -0.4 is 20.7 Å². The molecular formula is C42H34ClN3O5S. The van der Waals surface area contributed by atoms with Crippen LogP contribution in [0.4, 0.5) is 11.4 Å². The highest BCUT2D eigenvalue weighted by molar-refractivity contribution is 8.00. The number of anilines is 2. The fraction of sp³-hybridized carbons (Fsp3) is 0.0714. The molecule has 1 heterocycles. The number of carbonyl (C=O) groups excluding carboxylic acids is 3. The number of carbonyl (C=O) groups is 3. The van der Waals surface area contributed by atoms with Crippen molar-refractivity contribution in [2.24, 2.45) is 0 Å². The number of hydrogen-bond donors (Lipinski definition) is 3. The highest BCUT2D eigenvalue weighted by Gasteiger charge is 2.23. The van der Waals surface area contributed by atoms with Gasteiger partial charge in [-0.15, -0.1) is 11.8 Å². The Bertz CT molecular complexity index is 2220. The van der Waals surface area contributed by atoms with E-state index in [2.05, 4.69) is 16.0 Å². The molecule has 0 fully saturated rings. The maximum Gasteiger partial charge on any atom is 0.272 e. The van der Waals surface area contributed by atoms with Gasteiger partial charge in [-0.1, -0.05) is 78.3 Å². The van der Waals surface area contributed by atoms with E-state index in [0.717, 1.165) is 21.6 Å². The Balaban J connectivity index is 1.21. The number of aryl methyl sites for hydroxylation is 1. The van der Waals surface area contributed by atoms with Gasteiger partial charge in [0.15, 0.2) is 0 Å². The molecule has 52 heavy (non-hydrogen) atoms. The average Bonchev–Trinajstić information content (AvgIpc) is 3.64. The molecule has 0 spiro atoms. The lowest BCUT2D eigenvalue weighted by atomic mass is 10.1. The van der Waals surface area contributed by atoms with Gasteiger partial charge in [-0.25, -0.2) is 0 Å². The zero-order valence-electron chi connectivity index (χ0n) is 28.3. The van der Waals surface area contributed by atoms with E-state index in [9.17, 15) is 14.4 Å². The second-order valence-corrected chi connectivity index (χ2v) is 13.2. The number of amides is 3. The third kappa shape index (κ3) is 9.00. The summed E-state index contributed by atoms with van der Waals surface area (Å²) in [6.45, 7) is 1.90. The smallest absolute Gasteiger partial charge is 0.272 e. The first kappa shape index (κ1) is 35.8. The van der Waals surface area contributed by atoms with Crippen LogP contribution in [0.25, 0.3) is 17.4 Å². The van der Waals surface area contributed by atoms with Crippen LogP contribution in [0.1, 0.15) is 32.5 Å². The van der Waals surface area contributed by atoms with Crippen molar-refractivity contribution in [1.29, 1.82) is 0 Å². The molecule has 0 aliphatic heterocycles. The van der Waals surface area contributed by atoms with E-state index < -0.39 is 17.1 Å². The Hall–Kier alpha value is -6.03. The molecule has 0 saturated heterocycles. The van der Waals surface area contributed by atoms with E-state index in [0.29, 0.717) is 39.2 Å². The molecule has 0 bridgehead atoms. The van der Waals surface area contributed by atoms with Crippen LogP contribution in [-0.4, -0.2) is 24.8 Å². The monoisotopic (exact) mass is 727 g/mol. The van der Waals surface area contributed by atoms with Crippen molar-refractivity contribution < 1.29 is 23.5 Å². The Kier molecular flexibility index (Phi) is 11.6. The summed E-state index contributed by atoms with van der Waals surface area (Å²) in [7, 11) is 1.58. The molecule has 260 valence electrons. The summed E-state index contributed by atoms with van der Waals surface area (Å²) >= 11 is 7.68. The van der Waals surface area contributed by atoms with Gasteiger partial charge in [-0.3, -0.25) is 14.4 Å². The van der Waals surface area contributed by atoms with Crippen LogP contribution >= 0.6 is 23.4 Å². The molecule has 10 heteroatoms. The van der Waals surface area contributed by atoms with Gasteiger partial charge in [-0.05, 0) is 90.8 Å². The van der Waals surface area contributed by atoms with Crippen LogP contribution in [0.3, 0.4) is 0 Å². The van der Waals surface area contributed by atoms with Gasteiger partial charge >= 0.3 is 0 Å². The normalized spacial score (nSPS) is 11.7. The summed E-state index contributed by atoms with van der Waals surface area (Å²) in [6, 6.07) is 41.6. The van der Waals surface area contributed by atoms with Gasteiger partial charge in [0.05, 0.1) is 12.7 Å². The van der Waals surface area contributed by atoms with Crippen molar-refractivity contribution >= 4 is 58.5 Å². The number of ether oxygens (including phenoxy) is 1. The molecule has 0 saturated carbocycles. The molecular weight excluding hydrogens is 694 g/mol. The van der Waals surface area contributed by atoms with Crippen LogP contribution in [0.2, 0.25) is 5.02 Å². The average molecular weight is 728 g/mol. The Morgan fingerprint density at radius 2 is 1.44 bits per heavy atom. The zero-order valence-corrected chi connectivity index (χ0v) is 29.8. The molecule has 0 radical (unpaired) electrons. The van der Waals surface area contributed by atoms with Gasteiger partial charge in [0.25, 0.3) is 11.8 Å². The first-order valence-corrected chi connectivity index (χ1v) is 17.5. The van der Waals surface area contributed by atoms with E-state index in [-0.39, 0.29) is 11.6 Å². The molecule has 1 aromatic heterocycles. The number of halogens is 1. The minimum Gasteiger partial charge on any atom is -0.496 e. The van der Waals surface area contributed by atoms with E-state index in [1.165, 1.54) is 17.8 Å². The quantitative estimate of drug-likeness (QED) is 0.0856. The van der Waals surface area contributed by atoms with Gasteiger partial charge in [0.2, 0.25) is 5.91 Å². The highest BCUT2D eigenvalue weighted by Crippen LogP contribution is 2.37. The summed E-state index contributed by atoms with van der Waals surface area (Å²) in [5.74, 6) is 0.308. The van der Waals surface area contributed by atoms with Crippen LogP contribution in [-0.2, 0) is 9.59 Å². The fourth-order valence-electron chi connectivity index (χ4n) is 5.24. The highest BCUT2D eigenvalue weighted by atomic mass is 35.5. The lowest BCUT2D eigenvalue weighted by Crippen LogP contribution is -2.30. The molecule has 1 atom stereocenters. The summed E-state index contributed by atoms with van der Waals surface area (Å²) in [6.07, 6.45) is 1.48. The standard InChI is InChI=1S/C42H34ClN3O5S/c1-27-17-18-31(25-35(27)43)45-42(49)39(28-11-5-3-6-12-28)52-33-22-19-30(20-23-33)44-41(48)36(46-40(47)29-13-7-4-8-14-29)26-32-21-24-38(51-32)34-15-9-10-16-37(34)50-2/h3-26,39H,1-2H3,(H,44,48)(H,45,49)(H,46,47)/b36-26-/t39-/m1/s1. The molecule has 0 aliphatic carbocycles. The van der Waals surface area contributed by atoms with Crippen LogP contribution in [0.15, 0.2) is 155 Å². The van der Waals surface area contributed by atoms with Crippen LogP contribution in [0, 0.1) is 6.92 Å². The first-order chi connectivity index (χ1) is 25.3. The predicted molar refractivity (Wildman–Crippen MR) is 208 cm³/mol. The lowest BCUT2D eigenvalue weighted by Gasteiger charge is -2.18. The molecule has 3 amide bonds. The second-order valence-electron chi connectivity index (χ2n) is 11.6. The summed E-state index contributed by atoms with van der Waals surface area (Å²) in [5, 5.41) is 8.59. The van der Waals surface area contributed by atoms with E-state index in [1.807, 2.05) is 85.8 Å². The largest absolute Gasteiger partial charge is 0.496 e. The first-order valence-electron chi connectivity index (χ1n) is 16.3. The fourth-order valence-corrected chi connectivity index (χ4v) is 6.44. The van der Waals surface area contributed by atoms with Crippen molar-refractivity contribution in [3.05, 3.63) is 173 Å². The van der Waals surface area contributed by atoms with E-state index in [4.69, 9.17) is 20.8 Å². The summed E-state index contributed by atoms with van der Waals surface area (Å²) in [5.41, 5.74) is 3.95. The predicted octanol–water partition coefficient (Wildman–Crippen LogP) is 9.80. The topological polar surface area (TPSA) is 110 Å². The number of para-hydroxylation sites is 1. The molecule has 6 rings (SSSR count). The molecule has 0 aliphatic rings. The molecule has 8 nitrogen and oxygen atoms in total. The van der Waals surface area contributed by atoms with Crippen molar-refractivity contribution in [2.75, 3.05) is 17.7 Å². The number of thioether (sulfide) groups is 1.